The summed E-state index contributed by atoms with van der Waals surface area (Å²) in [6, 6.07) is 0.404. The first-order valence-electron chi connectivity index (χ1n) is 7.74. The fraction of sp³-hybridized carbons (Fsp3) is 0.688. The van der Waals surface area contributed by atoms with E-state index in [0.29, 0.717) is 6.04 Å². The summed E-state index contributed by atoms with van der Waals surface area (Å²) in [7, 11) is 1.98. The van der Waals surface area contributed by atoms with Crippen LogP contribution in [0.1, 0.15) is 47.0 Å². The number of carbonyl (C=O) groups excluding carboxylic acids is 1. The minimum absolute atomic E-state index is 0.240. The summed E-state index contributed by atoms with van der Waals surface area (Å²) in [5, 5.41) is 5.46. The molecule has 1 fully saturated rings. The van der Waals surface area contributed by atoms with E-state index in [1.54, 1.807) is 11.3 Å². The van der Waals surface area contributed by atoms with E-state index >= 15 is 0 Å². The maximum atomic E-state index is 12.8. The van der Waals surface area contributed by atoms with E-state index < -0.39 is 0 Å². The normalized spacial score (nSPS) is 23.4. The molecule has 1 aliphatic carbocycles. The maximum Gasteiger partial charge on any atom is 0.254 e. The maximum absolute atomic E-state index is 12.8. The van der Waals surface area contributed by atoms with Crippen LogP contribution in [0.25, 0.3) is 0 Å². The fourth-order valence-corrected chi connectivity index (χ4v) is 4.64. The minimum Gasteiger partial charge on any atom is -0.339 e. The summed E-state index contributed by atoms with van der Waals surface area (Å²) in [5.74, 6) is 1.01. The Morgan fingerprint density at radius 1 is 1.35 bits per heavy atom. The second kappa shape index (κ2) is 5.86. The van der Waals surface area contributed by atoms with Crippen LogP contribution in [-0.4, -0.2) is 37.0 Å². The predicted octanol–water partition coefficient (Wildman–Crippen LogP) is 2.70. The molecular formula is C16H24N2OS. The van der Waals surface area contributed by atoms with Crippen molar-refractivity contribution < 1.29 is 4.79 Å². The van der Waals surface area contributed by atoms with Gasteiger partial charge in [0.2, 0.25) is 0 Å². The van der Waals surface area contributed by atoms with Crippen molar-refractivity contribution in [2.24, 2.45) is 5.92 Å². The van der Waals surface area contributed by atoms with Crippen LogP contribution in [0.3, 0.4) is 0 Å². The Hall–Kier alpha value is -0.870. The molecule has 1 unspecified atom stereocenters. The number of hydrogen-bond acceptors (Lipinski definition) is 3. The van der Waals surface area contributed by atoms with Crippen molar-refractivity contribution in [3.63, 3.8) is 0 Å². The number of nitrogens with one attached hydrogen (secondary N) is 1. The second-order valence-corrected chi connectivity index (χ2v) is 7.26. The van der Waals surface area contributed by atoms with Gasteiger partial charge in [0.15, 0.2) is 0 Å². The lowest BCUT2D eigenvalue weighted by molar-refractivity contribution is 0.0702. The monoisotopic (exact) mass is 292 g/mol. The fourth-order valence-electron chi connectivity index (χ4n) is 3.41. The van der Waals surface area contributed by atoms with Crippen LogP contribution in [0.4, 0.5) is 0 Å². The van der Waals surface area contributed by atoms with E-state index in [-0.39, 0.29) is 5.91 Å². The Kier molecular flexibility index (Phi) is 4.13. The van der Waals surface area contributed by atoms with E-state index in [1.165, 1.54) is 16.9 Å². The Bertz CT molecular complexity index is 491. The number of piperidine rings is 1. The number of thiophene rings is 1. The molecule has 4 heteroatoms. The first-order valence-corrected chi connectivity index (χ1v) is 8.62. The zero-order chi connectivity index (χ0) is 14.1. The molecular weight excluding hydrogens is 268 g/mol. The Morgan fingerprint density at radius 2 is 2.10 bits per heavy atom. The van der Waals surface area contributed by atoms with E-state index in [4.69, 9.17) is 0 Å². The van der Waals surface area contributed by atoms with Gasteiger partial charge in [-0.2, -0.15) is 0 Å². The van der Waals surface area contributed by atoms with E-state index in [0.717, 1.165) is 50.3 Å². The summed E-state index contributed by atoms with van der Waals surface area (Å²) >= 11 is 1.79. The first kappa shape index (κ1) is 14.1. The average molecular weight is 292 g/mol. The molecule has 0 spiro atoms. The van der Waals surface area contributed by atoms with Gasteiger partial charge in [0.1, 0.15) is 0 Å². The molecule has 0 radical (unpaired) electrons. The van der Waals surface area contributed by atoms with Crippen LogP contribution >= 0.6 is 11.3 Å². The van der Waals surface area contributed by atoms with Gasteiger partial charge in [-0.1, -0.05) is 6.92 Å². The SMILES string of the molecule is CC1CCc2c(C(=O)N(C)C3CCNCC3)csc2C1. The average Bonchev–Trinajstić information content (AvgIpc) is 2.89. The van der Waals surface area contributed by atoms with Gasteiger partial charge in [0.25, 0.3) is 5.91 Å². The molecule has 3 nitrogen and oxygen atoms in total. The molecule has 1 aromatic heterocycles. The van der Waals surface area contributed by atoms with E-state index in [2.05, 4.69) is 17.6 Å². The molecule has 1 saturated heterocycles. The van der Waals surface area contributed by atoms with E-state index in [1.807, 2.05) is 11.9 Å². The molecule has 3 rings (SSSR count). The predicted molar refractivity (Wildman–Crippen MR) is 83.5 cm³/mol. The minimum atomic E-state index is 0.240. The van der Waals surface area contributed by atoms with Crippen molar-refractivity contribution in [1.82, 2.24) is 10.2 Å². The molecule has 1 aliphatic heterocycles. The second-order valence-electron chi connectivity index (χ2n) is 6.30. The number of carbonyl (C=O) groups is 1. The molecule has 1 N–H and O–H groups in total. The third kappa shape index (κ3) is 2.63. The third-order valence-corrected chi connectivity index (χ3v) is 5.86. The van der Waals surface area contributed by atoms with Crippen molar-refractivity contribution >= 4 is 17.2 Å². The zero-order valence-electron chi connectivity index (χ0n) is 12.4. The molecule has 1 atom stereocenters. The highest BCUT2D eigenvalue weighted by Gasteiger charge is 2.28. The lowest BCUT2D eigenvalue weighted by atomic mass is 9.88. The molecule has 1 amide bonds. The van der Waals surface area contributed by atoms with Crippen molar-refractivity contribution in [1.29, 1.82) is 0 Å². The molecule has 0 bridgehead atoms. The Labute approximate surface area is 125 Å². The highest BCUT2D eigenvalue weighted by atomic mass is 32.1. The van der Waals surface area contributed by atoms with Gasteiger partial charge in [0.05, 0.1) is 5.56 Å². The summed E-state index contributed by atoms with van der Waals surface area (Å²) < 4.78 is 0. The number of amides is 1. The van der Waals surface area contributed by atoms with Crippen LogP contribution in [0.5, 0.6) is 0 Å². The van der Waals surface area contributed by atoms with E-state index in [9.17, 15) is 4.79 Å². The van der Waals surface area contributed by atoms with Gasteiger partial charge in [-0.3, -0.25) is 4.79 Å². The van der Waals surface area contributed by atoms with Crippen LogP contribution < -0.4 is 5.32 Å². The molecule has 2 aliphatic rings. The first-order chi connectivity index (χ1) is 9.66. The Balaban J connectivity index is 1.77. The lowest BCUT2D eigenvalue weighted by Crippen LogP contribution is -2.44. The number of rotatable bonds is 2. The van der Waals surface area contributed by atoms with Crippen LogP contribution in [-0.2, 0) is 12.8 Å². The van der Waals surface area contributed by atoms with Crippen molar-refractivity contribution in [2.45, 2.75) is 45.1 Å². The third-order valence-electron chi connectivity index (χ3n) is 4.81. The van der Waals surface area contributed by atoms with Crippen LogP contribution in [0.15, 0.2) is 5.38 Å². The van der Waals surface area contributed by atoms with Gasteiger partial charge >= 0.3 is 0 Å². The standard InChI is InChI=1S/C16H24N2OS/c1-11-3-4-13-14(10-20-15(13)9-11)16(19)18(2)12-5-7-17-8-6-12/h10-12,17H,3-9H2,1-2H3. The van der Waals surface area contributed by atoms with Crippen molar-refractivity contribution in [2.75, 3.05) is 20.1 Å². The van der Waals surface area contributed by atoms with Gasteiger partial charge in [-0.05, 0) is 56.7 Å². The quantitative estimate of drug-likeness (QED) is 0.909. The number of nitrogens with zero attached hydrogens (tertiary/aromatic N) is 1. The summed E-state index contributed by atoms with van der Waals surface area (Å²) in [4.78, 5) is 16.2. The summed E-state index contributed by atoms with van der Waals surface area (Å²) in [6.45, 7) is 4.37. The molecule has 0 aromatic carbocycles. The summed E-state index contributed by atoms with van der Waals surface area (Å²) in [5.41, 5.74) is 2.33. The smallest absolute Gasteiger partial charge is 0.254 e. The van der Waals surface area contributed by atoms with Gasteiger partial charge < -0.3 is 10.2 Å². The zero-order valence-corrected chi connectivity index (χ0v) is 13.3. The van der Waals surface area contributed by atoms with Crippen molar-refractivity contribution in [3.05, 3.63) is 21.4 Å². The van der Waals surface area contributed by atoms with Crippen LogP contribution in [0, 0.1) is 5.92 Å². The van der Waals surface area contributed by atoms with Crippen LogP contribution in [0.2, 0.25) is 0 Å². The number of hydrogen-bond donors (Lipinski definition) is 1. The van der Waals surface area contributed by atoms with Gasteiger partial charge in [0, 0.05) is 23.3 Å². The molecule has 1 aromatic rings. The highest BCUT2D eigenvalue weighted by molar-refractivity contribution is 7.10. The molecule has 0 saturated carbocycles. The van der Waals surface area contributed by atoms with Gasteiger partial charge in [-0.25, -0.2) is 0 Å². The topological polar surface area (TPSA) is 32.3 Å². The molecule has 110 valence electrons. The summed E-state index contributed by atoms with van der Waals surface area (Å²) in [6.07, 6.45) is 5.61. The van der Waals surface area contributed by atoms with Crippen molar-refractivity contribution in [3.8, 4) is 0 Å². The number of fused-ring (bicyclic) bond motifs is 1. The van der Waals surface area contributed by atoms with Gasteiger partial charge in [-0.15, -0.1) is 11.3 Å². The highest BCUT2D eigenvalue weighted by Crippen LogP contribution is 2.33. The largest absolute Gasteiger partial charge is 0.339 e. The molecule has 20 heavy (non-hydrogen) atoms. The lowest BCUT2D eigenvalue weighted by Gasteiger charge is -2.32. The molecule has 2 heterocycles. The Morgan fingerprint density at radius 3 is 2.85 bits per heavy atom.